The maximum absolute atomic E-state index is 13.5. The average molecular weight is 436 g/mol. The molecular weight excluding hydrogens is 406 g/mol. The molecule has 32 heavy (non-hydrogen) atoms. The fraction of sp³-hybridized carbons (Fsp3) is 0.400. The van der Waals surface area contributed by atoms with Gasteiger partial charge in [0, 0.05) is 43.7 Å². The molecule has 0 aliphatic carbocycles. The average Bonchev–Trinajstić information content (AvgIpc) is 3.37. The number of anilines is 1. The largest absolute Gasteiger partial charge is 0.497 e. The highest BCUT2D eigenvalue weighted by molar-refractivity contribution is 5.98. The van der Waals surface area contributed by atoms with Crippen LogP contribution in [0.4, 0.5) is 5.69 Å². The van der Waals surface area contributed by atoms with E-state index in [0.717, 1.165) is 37.1 Å². The van der Waals surface area contributed by atoms with Crippen molar-refractivity contribution in [3.05, 3.63) is 59.2 Å². The zero-order valence-electron chi connectivity index (χ0n) is 18.6. The Hall–Kier alpha value is -3.35. The monoisotopic (exact) mass is 435 g/mol. The molecule has 2 aromatic carbocycles. The fourth-order valence-corrected chi connectivity index (χ4v) is 4.42. The summed E-state index contributed by atoms with van der Waals surface area (Å²) >= 11 is 0. The molecular formula is C25H29N3O4. The van der Waals surface area contributed by atoms with Gasteiger partial charge in [-0.3, -0.25) is 14.4 Å². The minimum Gasteiger partial charge on any atom is -0.497 e. The molecule has 0 spiro atoms. The van der Waals surface area contributed by atoms with Gasteiger partial charge in [-0.25, -0.2) is 0 Å². The number of benzene rings is 2. The van der Waals surface area contributed by atoms with Crippen LogP contribution in [0.25, 0.3) is 0 Å². The van der Waals surface area contributed by atoms with Crippen LogP contribution in [0, 0.1) is 0 Å². The number of carbonyl (C=O) groups is 3. The molecule has 1 atom stereocenters. The molecule has 0 radical (unpaired) electrons. The summed E-state index contributed by atoms with van der Waals surface area (Å²) in [6.07, 6.45) is 2.85. The molecule has 2 aliphatic rings. The van der Waals surface area contributed by atoms with Gasteiger partial charge in [0.05, 0.1) is 7.11 Å². The van der Waals surface area contributed by atoms with Gasteiger partial charge in [-0.2, -0.15) is 0 Å². The van der Waals surface area contributed by atoms with Gasteiger partial charge in [0.1, 0.15) is 11.8 Å². The van der Waals surface area contributed by atoms with Crippen molar-refractivity contribution in [1.82, 2.24) is 9.80 Å². The number of fused-ring (bicyclic) bond motifs is 1. The van der Waals surface area contributed by atoms with E-state index in [-0.39, 0.29) is 17.7 Å². The number of ether oxygens (including phenoxy) is 1. The lowest BCUT2D eigenvalue weighted by Crippen LogP contribution is -2.53. The highest BCUT2D eigenvalue weighted by Crippen LogP contribution is 2.30. The quantitative estimate of drug-likeness (QED) is 0.782. The number of amides is 3. The van der Waals surface area contributed by atoms with E-state index in [1.165, 1.54) is 0 Å². The number of likely N-dealkylation sites (tertiary alicyclic amines) is 1. The first-order valence-corrected chi connectivity index (χ1v) is 11.2. The second-order valence-electron chi connectivity index (χ2n) is 8.30. The Kier molecular flexibility index (Phi) is 6.44. The lowest BCUT2D eigenvalue weighted by molar-refractivity contribution is -0.135. The lowest BCUT2D eigenvalue weighted by Gasteiger charge is -2.38. The Morgan fingerprint density at radius 3 is 2.56 bits per heavy atom. The van der Waals surface area contributed by atoms with E-state index >= 15 is 0 Å². The van der Waals surface area contributed by atoms with E-state index in [1.54, 1.807) is 43.2 Å². The molecule has 0 unspecified atom stereocenters. The summed E-state index contributed by atoms with van der Waals surface area (Å²) in [6, 6.07) is 12.2. The van der Waals surface area contributed by atoms with Crippen LogP contribution in [0.15, 0.2) is 42.5 Å². The molecule has 4 rings (SSSR count). The van der Waals surface area contributed by atoms with Gasteiger partial charge in [0.25, 0.3) is 5.91 Å². The van der Waals surface area contributed by atoms with Crippen molar-refractivity contribution in [3.63, 3.8) is 0 Å². The van der Waals surface area contributed by atoms with E-state index in [2.05, 4.69) is 5.32 Å². The van der Waals surface area contributed by atoms with Crippen LogP contribution in [-0.2, 0) is 22.6 Å². The predicted molar refractivity (Wildman–Crippen MR) is 122 cm³/mol. The number of carbonyl (C=O) groups excluding carboxylic acids is 3. The Bertz CT molecular complexity index is 1030. The van der Waals surface area contributed by atoms with E-state index < -0.39 is 6.04 Å². The first kappa shape index (κ1) is 21.9. The number of hydrogen-bond donors (Lipinski definition) is 1. The second kappa shape index (κ2) is 9.42. The molecule has 3 amide bonds. The minimum absolute atomic E-state index is 0.00718. The Labute approximate surface area is 188 Å². The summed E-state index contributed by atoms with van der Waals surface area (Å²) < 4.78 is 5.28. The SMILES string of the molecule is CCC(=O)Nc1ccc2c(c1)CN(C(=O)c1cccc(OC)c1)[C@@H](C(=O)N1CCCC1)C2. The molecule has 0 bridgehead atoms. The topological polar surface area (TPSA) is 79.0 Å². The maximum atomic E-state index is 13.5. The summed E-state index contributed by atoms with van der Waals surface area (Å²) in [7, 11) is 1.56. The summed E-state index contributed by atoms with van der Waals surface area (Å²) in [4.78, 5) is 42.3. The molecule has 1 saturated heterocycles. The van der Waals surface area contributed by atoms with Gasteiger partial charge in [0.2, 0.25) is 11.8 Å². The van der Waals surface area contributed by atoms with Crippen LogP contribution in [0.5, 0.6) is 5.75 Å². The van der Waals surface area contributed by atoms with Gasteiger partial charge in [-0.15, -0.1) is 0 Å². The Morgan fingerprint density at radius 1 is 1.06 bits per heavy atom. The molecule has 1 N–H and O–H groups in total. The molecule has 7 heteroatoms. The summed E-state index contributed by atoms with van der Waals surface area (Å²) in [5, 5.41) is 2.88. The molecule has 2 aliphatic heterocycles. The lowest BCUT2D eigenvalue weighted by atomic mass is 9.92. The van der Waals surface area contributed by atoms with E-state index in [9.17, 15) is 14.4 Å². The van der Waals surface area contributed by atoms with Crippen molar-refractivity contribution in [2.24, 2.45) is 0 Å². The summed E-state index contributed by atoms with van der Waals surface area (Å²) in [6.45, 7) is 3.60. The van der Waals surface area contributed by atoms with Crippen molar-refractivity contribution in [2.75, 3.05) is 25.5 Å². The molecule has 1 fully saturated rings. The normalized spacial score (nSPS) is 17.6. The molecule has 0 saturated carbocycles. The molecule has 0 aromatic heterocycles. The third-order valence-electron chi connectivity index (χ3n) is 6.22. The van der Waals surface area contributed by atoms with E-state index in [0.29, 0.717) is 36.4 Å². The minimum atomic E-state index is -0.546. The van der Waals surface area contributed by atoms with E-state index in [1.807, 2.05) is 23.1 Å². The number of nitrogens with one attached hydrogen (secondary N) is 1. The summed E-state index contributed by atoms with van der Waals surface area (Å²) in [5.74, 6) is 0.343. The van der Waals surface area contributed by atoms with Gasteiger partial charge in [-0.1, -0.05) is 19.1 Å². The maximum Gasteiger partial charge on any atom is 0.254 e. The number of methoxy groups -OCH3 is 1. The van der Waals surface area contributed by atoms with Crippen molar-refractivity contribution in [3.8, 4) is 5.75 Å². The smallest absolute Gasteiger partial charge is 0.254 e. The number of rotatable bonds is 5. The van der Waals surface area contributed by atoms with Crippen molar-refractivity contribution >= 4 is 23.4 Å². The molecule has 2 aromatic rings. The molecule has 7 nitrogen and oxygen atoms in total. The predicted octanol–water partition coefficient (Wildman–Crippen LogP) is 3.23. The zero-order chi connectivity index (χ0) is 22.7. The summed E-state index contributed by atoms with van der Waals surface area (Å²) in [5.41, 5.74) is 3.17. The van der Waals surface area contributed by atoms with Gasteiger partial charge < -0.3 is 19.9 Å². The first-order valence-electron chi connectivity index (χ1n) is 11.2. The van der Waals surface area contributed by atoms with Crippen LogP contribution >= 0.6 is 0 Å². The van der Waals surface area contributed by atoms with Crippen molar-refractivity contribution < 1.29 is 19.1 Å². The Morgan fingerprint density at radius 2 is 1.84 bits per heavy atom. The zero-order valence-corrected chi connectivity index (χ0v) is 18.6. The highest BCUT2D eigenvalue weighted by atomic mass is 16.5. The second-order valence-corrected chi connectivity index (χ2v) is 8.30. The molecule has 168 valence electrons. The first-order chi connectivity index (χ1) is 15.5. The van der Waals surface area contributed by atoms with Crippen molar-refractivity contribution in [1.29, 1.82) is 0 Å². The van der Waals surface area contributed by atoms with Crippen LogP contribution in [0.1, 0.15) is 47.7 Å². The molecule has 2 heterocycles. The van der Waals surface area contributed by atoms with Gasteiger partial charge in [-0.05, 0) is 54.3 Å². The van der Waals surface area contributed by atoms with Crippen LogP contribution < -0.4 is 10.1 Å². The van der Waals surface area contributed by atoms with Crippen LogP contribution in [0.2, 0.25) is 0 Å². The van der Waals surface area contributed by atoms with E-state index in [4.69, 9.17) is 4.74 Å². The fourth-order valence-electron chi connectivity index (χ4n) is 4.42. The van der Waals surface area contributed by atoms with Gasteiger partial charge >= 0.3 is 0 Å². The third-order valence-corrected chi connectivity index (χ3v) is 6.22. The van der Waals surface area contributed by atoms with Crippen LogP contribution in [0.3, 0.4) is 0 Å². The Balaban J connectivity index is 1.67. The standard InChI is InChI=1S/C25H29N3O4/c1-3-23(29)26-20-10-9-17-15-22(25(31)27-11-4-5-12-27)28(16-19(17)13-20)24(30)18-7-6-8-21(14-18)32-2/h6-10,13-14,22H,3-5,11-12,15-16H2,1-2H3,(H,26,29)/t22-/m1/s1. The third kappa shape index (κ3) is 4.47. The number of nitrogens with zero attached hydrogens (tertiary/aromatic N) is 2. The van der Waals surface area contributed by atoms with Crippen LogP contribution in [-0.4, -0.2) is 53.8 Å². The van der Waals surface area contributed by atoms with Crippen molar-refractivity contribution in [2.45, 2.75) is 45.2 Å². The highest BCUT2D eigenvalue weighted by Gasteiger charge is 2.38. The number of hydrogen-bond acceptors (Lipinski definition) is 4. The van der Waals surface area contributed by atoms with Gasteiger partial charge in [0.15, 0.2) is 0 Å².